The first-order valence-electron chi connectivity index (χ1n) is 7.03. The Labute approximate surface area is 141 Å². The number of benzene rings is 2. The monoisotopic (exact) mass is 338 g/mol. The van der Waals surface area contributed by atoms with Gasteiger partial charge in [0.05, 0.1) is 15.4 Å². The first-order chi connectivity index (χ1) is 11.3. The van der Waals surface area contributed by atoms with Crippen molar-refractivity contribution in [1.29, 1.82) is 0 Å². The van der Waals surface area contributed by atoms with Crippen LogP contribution >= 0.6 is 22.9 Å². The molecule has 2 aromatic heterocycles. The van der Waals surface area contributed by atoms with Gasteiger partial charge in [-0.2, -0.15) is 0 Å². The summed E-state index contributed by atoms with van der Waals surface area (Å²) in [5, 5.41) is 15.6. The van der Waals surface area contributed by atoms with Crippen molar-refractivity contribution >= 4 is 49.8 Å². The third-order valence-electron chi connectivity index (χ3n) is 3.67. The van der Waals surface area contributed by atoms with Gasteiger partial charge in [-0.15, -0.1) is 11.3 Å². The van der Waals surface area contributed by atoms with E-state index in [2.05, 4.69) is 16.2 Å². The molecule has 3 nitrogen and oxygen atoms in total. The van der Waals surface area contributed by atoms with Crippen molar-refractivity contribution in [2.45, 2.75) is 0 Å². The number of aromatic nitrogens is 1. The molecule has 0 aliphatic carbocycles. The van der Waals surface area contributed by atoms with Gasteiger partial charge in [-0.1, -0.05) is 53.2 Å². The van der Waals surface area contributed by atoms with Crippen LogP contribution in [0.4, 0.5) is 0 Å². The molecule has 0 amide bonds. The third kappa shape index (κ3) is 2.46. The average molecular weight is 339 g/mol. The van der Waals surface area contributed by atoms with E-state index >= 15 is 0 Å². The molecular weight excluding hydrogens is 328 g/mol. The molecule has 4 aromatic rings. The zero-order chi connectivity index (χ0) is 15.8. The number of pyridine rings is 1. The number of hydrogen-bond donors (Lipinski definition) is 1. The lowest BCUT2D eigenvalue weighted by Gasteiger charge is -2.03. The van der Waals surface area contributed by atoms with E-state index in [0.717, 1.165) is 26.0 Å². The molecule has 5 heteroatoms. The van der Waals surface area contributed by atoms with Crippen molar-refractivity contribution in [3.63, 3.8) is 0 Å². The lowest BCUT2D eigenvalue weighted by Crippen LogP contribution is -2.01. The summed E-state index contributed by atoms with van der Waals surface area (Å²) in [6, 6.07) is 19.4. The van der Waals surface area contributed by atoms with Crippen molar-refractivity contribution in [1.82, 2.24) is 4.98 Å². The van der Waals surface area contributed by atoms with Crippen LogP contribution in [0, 0.1) is 0 Å². The molecule has 0 bridgehead atoms. The standard InChI is InChI=1S/C18H11ClN2OS/c19-14-7-3-2-6-13(14)17(21-22)16-10-12-9-11-5-1-4-8-15(11)20-18(12)23-16/h1-10,22H/b21-17-. The molecule has 0 saturated heterocycles. The molecule has 1 N–H and O–H groups in total. The van der Waals surface area contributed by atoms with Gasteiger partial charge in [0.2, 0.25) is 0 Å². The van der Waals surface area contributed by atoms with E-state index in [9.17, 15) is 5.21 Å². The zero-order valence-corrected chi connectivity index (χ0v) is 13.5. The summed E-state index contributed by atoms with van der Waals surface area (Å²) in [5.74, 6) is 0. The fourth-order valence-electron chi connectivity index (χ4n) is 2.58. The van der Waals surface area contributed by atoms with Crippen LogP contribution in [0.1, 0.15) is 10.4 Å². The van der Waals surface area contributed by atoms with Gasteiger partial charge in [0.25, 0.3) is 0 Å². The third-order valence-corrected chi connectivity index (χ3v) is 5.05. The van der Waals surface area contributed by atoms with Crippen molar-refractivity contribution in [2.75, 3.05) is 0 Å². The van der Waals surface area contributed by atoms with Gasteiger partial charge >= 0.3 is 0 Å². The number of rotatable bonds is 2. The Morgan fingerprint density at radius 1 is 1.00 bits per heavy atom. The van der Waals surface area contributed by atoms with E-state index in [-0.39, 0.29) is 0 Å². The number of nitrogens with zero attached hydrogens (tertiary/aromatic N) is 2. The summed E-state index contributed by atoms with van der Waals surface area (Å²) in [6.07, 6.45) is 0. The number of para-hydroxylation sites is 1. The topological polar surface area (TPSA) is 45.5 Å². The van der Waals surface area contributed by atoms with E-state index < -0.39 is 0 Å². The average Bonchev–Trinajstić information content (AvgIpc) is 2.97. The zero-order valence-electron chi connectivity index (χ0n) is 11.9. The minimum atomic E-state index is 0.461. The largest absolute Gasteiger partial charge is 0.410 e. The molecule has 23 heavy (non-hydrogen) atoms. The number of oxime groups is 1. The van der Waals surface area contributed by atoms with Crippen LogP contribution < -0.4 is 0 Å². The summed E-state index contributed by atoms with van der Waals surface area (Å²) in [7, 11) is 0. The Hall–Kier alpha value is -2.43. The molecule has 2 aromatic carbocycles. The van der Waals surface area contributed by atoms with Gasteiger partial charge in [-0.25, -0.2) is 4.98 Å². The quantitative estimate of drug-likeness (QED) is 0.305. The summed E-state index contributed by atoms with van der Waals surface area (Å²) in [5.41, 5.74) is 2.11. The van der Waals surface area contributed by atoms with Crippen molar-refractivity contribution < 1.29 is 5.21 Å². The Balaban J connectivity index is 1.91. The van der Waals surface area contributed by atoms with Crippen LogP contribution in [-0.4, -0.2) is 15.9 Å². The summed E-state index contributed by atoms with van der Waals surface area (Å²) < 4.78 is 0. The molecule has 0 aliphatic rings. The fourth-order valence-corrected chi connectivity index (χ4v) is 3.83. The molecule has 112 valence electrons. The van der Waals surface area contributed by atoms with E-state index in [1.165, 1.54) is 11.3 Å². The lowest BCUT2D eigenvalue weighted by atomic mass is 10.1. The highest BCUT2D eigenvalue weighted by Gasteiger charge is 2.15. The minimum absolute atomic E-state index is 0.461. The van der Waals surface area contributed by atoms with Crippen LogP contribution in [0.2, 0.25) is 5.02 Å². The molecule has 0 spiro atoms. The second kappa shape index (κ2) is 5.65. The first kappa shape index (κ1) is 14.2. The maximum Gasteiger partial charge on any atom is 0.128 e. The second-order valence-corrected chi connectivity index (χ2v) is 6.55. The fraction of sp³-hybridized carbons (Fsp3) is 0. The molecule has 0 aliphatic heterocycles. The second-order valence-electron chi connectivity index (χ2n) is 5.11. The van der Waals surface area contributed by atoms with Crippen molar-refractivity contribution in [3.05, 3.63) is 76.1 Å². The van der Waals surface area contributed by atoms with E-state index in [1.54, 1.807) is 6.07 Å². The molecular formula is C18H11ClN2OS. The summed E-state index contributed by atoms with van der Waals surface area (Å²) in [6.45, 7) is 0. The number of thiophene rings is 1. The lowest BCUT2D eigenvalue weighted by molar-refractivity contribution is 0.320. The molecule has 0 atom stereocenters. The van der Waals surface area contributed by atoms with Crippen LogP contribution in [0.25, 0.3) is 21.1 Å². The van der Waals surface area contributed by atoms with E-state index in [4.69, 9.17) is 11.6 Å². The number of halogens is 1. The Morgan fingerprint density at radius 2 is 1.78 bits per heavy atom. The summed E-state index contributed by atoms with van der Waals surface area (Å²) in [4.78, 5) is 6.42. The Morgan fingerprint density at radius 3 is 2.61 bits per heavy atom. The molecule has 4 rings (SSSR count). The molecule has 0 radical (unpaired) electrons. The van der Waals surface area contributed by atoms with Gasteiger partial charge in [-0.3, -0.25) is 0 Å². The number of hydrogen-bond acceptors (Lipinski definition) is 4. The highest BCUT2D eigenvalue weighted by Crippen LogP contribution is 2.30. The Bertz CT molecular complexity index is 1000. The highest BCUT2D eigenvalue weighted by atomic mass is 35.5. The number of fused-ring (bicyclic) bond motifs is 2. The molecule has 0 fully saturated rings. The first-order valence-corrected chi connectivity index (χ1v) is 8.22. The van der Waals surface area contributed by atoms with Gasteiger partial charge < -0.3 is 5.21 Å². The Kier molecular flexibility index (Phi) is 3.48. The van der Waals surface area contributed by atoms with Crippen LogP contribution in [-0.2, 0) is 0 Å². The van der Waals surface area contributed by atoms with Crippen LogP contribution in [0.5, 0.6) is 0 Å². The minimum Gasteiger partial charge on any atom is -0.410 e. The SMILES string of the molecule is O/N=C(\c1cc2cc3ccccc3nc2s1)c1ccccc1Cl. The van der Waals surface area contributed by atoms with Crippen LogP contribution in [0.3, 0.4) is 0 Å². The van der Waals surface area contributed by atoms with Gasteiger partial charge in [0.15, 0.2) is 0 Å². The van der Waals surface area contributed by atoms with Gasteiger partial charge in [0.1, 0.15) is 10.5 Å². The van der Waals surface area contributed by atoms with Crippen molar-refractivity contribution in [3.8, 4) is 0 Å². The predicted molar refractivity (Wildman–Crippen MR) is 96.0 cm³/mol. The molecule has 2 heterocycles. The van der Waals surface area contributed by atoms with E-state index in [1.807, 2.05) is 48.5 Å². The highest BCUT2D eigenvalue weighted by molar-refractivity contribution is 7.20. The molecule has 0 unspecified atom stereocenters. The molecule has 0 saturated carbocycles. The maximum atomic E-state index is 9.49. The summed E-state index contributed by atoms with van der Waals surface area (Å²) >= 11 is 7.72. The smallest absolute Gasteiger partial charge is 0.128 e. The van der Waals surface area contributed by atoms with Crippen molar-refractivity contribution in [2.24, 2.45) is 5.16 Å². The maximum absolute atomic E-state index is 9.49. The van der Waals surface area contributed by atoms with Crippen LogP contribution in [0.15, 0.2) is 65.8 Å². The van der Waals surface area contributed by atoms with Gasteiger partial charge in [-0.05, 0) is 24.3 Å². The van der Waals surface area contributed by atoms with Gasteiger partial charge in [0, 0.05) is 16.3 Å². The van der Waals surface area contributed by atoms with E-state index in [0.29, 0.717) is 16.3 Å². The predicted octanol–water partition coefficient (Wildman–Crippen LogP) is 5.33. The normalized spacial score (nSPS) is 12.1.